The second kappa shape index (κ2) is 3.90. The van der Waals surface area contributed by atoms with Gasteiger partial charge in [-0.3, -0.25) is 10.1 Å². The fourth-order valence-corrected chi connectivity index (χ4v) is 5.93. The molecule has 1 aromatic rings. The standard InChI is InChI=1S/C8H6ClNO6S2/c9-18(15,16)8-4-17(13,14)7-3-5(10(11)12)1-2-6(7)8/h1-3,8H,4H2. The quantitative estimate of drug-likeness (QED) is 0.457. The van der Waals surface area contributed by atoms with Gasteiger partial charge in [-0.05, 0) is 11.6 Å². The highest BCUT2D eigenvalue weighted by Crippen LogP contribution is 2.41. The van der Waals surface area contributed by atoms with Gasteiger partial charge in [0.2, 0.25) is 9.05 Å². The van der Waals surface area contributed by atoms with Crippen LogP contribution in [0.4, 0.5) is 5.69 Å². The van der Waals surface area contributed by atoms with E-state index in [1.165, 1.54) is 0 Å². The fraction of sp³-hybridized carbons (Fsp3) is 0.250. The summed E-state index contributed by atoms with van der Waals surface area (Å²) >= 11 is 0. The molecular formula is C8H6ClNO6S2. The molecular weight excluding hydrogens is 306 g/mol. The normalized spacial score (nSPS) is 21.5. The van der Waals surface area contributed by atoms with Crippen molar-refractivity contribution in [2.45, 2.75) is 10.1 Å². The molecule has 18 heavy (non-hydrogen) atoms. The Kier molecular flexibility index (Phi) is 2.87. The molecule has 0 saturated carbocycles. The van der Waals surface area contributed by atoms with E-state index in [0.717, 1.165) is 18.2 Å². The van der Waals surface area contributed by atoms with Crippen LogP contribution in [0.5, 0.6) is 0 Å². The topological polar surface area (TPSA) is 111 Å². The van der Waals surface area contributed by atoms with Crippen LogP contribution >= 0.6 is 10.7 Å². The van der Waals surface area contributed by atoms with E-state index < -0.39 is 40.5 Å². The van der Waals surface area contributed by atoms with Gasteiger partial charge >= 0.3 is 0 Å². The molecule has 0 aliphatic carbocycles. The second-order valence-corrected chi connectivity index (χ2v) is 8.54. The Hall–Kier alpha value is -1.19. The molecule has 1 atom stereocenters. The molecule has 7 nitrogen and oxygen atoms in total. The summed E-state index contributed by atoms with van der Waals surface area (Å²) in [5.74, 6) is -0.685. The minimum absolute atomic E-state index is 0.0180. The van der Waals surface area contributed by atoms with E-state index in [9.17, 15) is 26.9 Å². The summed E-state index contributed by atoms with van der Waals surface area (Å²) in [7, 11) is -2.79. The number of nitro benzene ring substituents is 1. The number of hydrogen-bond donors (Lipinski definition) is 0. The van der Waals surface area contributed by atoms with Crippen molar-refractivity contribution in [3.8, 4) is 0 Å². The van der Waals surface area contributed by atoms with Crippen molar-refractivity contribution in [1.29, 1.82) is 0 Å². The molecule has 0 amide bonds. The molecule has 0 bridgehead atoms. The lowest BCUT2D eigenvalue weighted by Crippen LogP contribution is -2.09. The molecule has 0 N–H and O–H groups in total. The van der Waals surface area contributed by atoms with Crippen LogP contribution in [0.1, 0.15) is 10.8 Å². The third kappa shape index (κ3) is 2.08. The van der Waals surface area contributed by atoms with Gasteiger partial charge in [-0.1, -0.05) is 0 Å². The average molecular weight is 312 g/mol. The first-order valence-electron chi connectivity index (χ1n) is 4.57. The van der Waals surface area contributed by atoms with E-state index in [1.54, 1.807) is 0 Å². The molecule has 0 radical (unpaired) electrons. The van der Waals surface area contributed by atoms with Crippen molar-refractivity contribution in [3.05, 3.63) is 33.9 Å². The largest absolute Gasteiger partial charge is 0.270 e. The molecule has 1 aliphatic heterocycles. The minimum atomic E-state index is -4.10. The molecule has 1 unspecified atom stereocenters. The number of hydrogen-bond acceptors (Lipinski definition) is 6. The summed E-state index contributed by atoms with van der Waals surface area (Å²) in [6.07, 6.45) is 0. The van der Waals surface area contributed by atoms with E-state index in [-0.39, 0.29) is 10.5 Å². The Labute approximate surface area is 107 Å². The lowest BCUT2D eigenvalue weighted by Gasteiger charge is -2.04. The maximum atomic E-state index is 11.7. The third-order valence-electron chi connectivity index (χ3n) is 2.60. The van der Waals surface area contributed by atoms with Crippen LogP contribution < -0.4 is 0 Å². The summed E-state index contributed by atoms with van der Waals surface area (Å²) in [5.41, 5.74) is -0.430. The van der Waals surface area contributed by atoms with E-state index in [1.807, 2.05) is 0 Å². The maximum Gasteiger partial charge on any atom is 0.270 e. The van der Waals surface area contributed by atoms with Gasteiger partial charge < -0.3 is 0 Å². The molecule has 10 heteroatoms. The monoisotopic (exact) mass is 311 g/mol. The lowest BCUT2D eigenvalue weighted by atomic mass is 10.1. The zero-order valence-electron chi connectivity index (χ0n) is 8.61. The van der Waals surface area contributed by atoms with Crippen molar-refractivity contribution >= 4 is 35.3 Å². The molecule has 0 aromatic heterocycles. The zero-order valence-corrected chi connectivity index (χ0v) is 11.0. The van der Waals surface area contributed by atoms with Gasteiger partial charge in [0.25, 0.3) is 5.69 Å². The predicted octanol–water partition coefficient (Wildman–Crippen LogP) is 0.992. The molecule has 0 fully saturated rings. The van der Waals surface area contributed by atoms with Crippen LogP contribution in [0.3, 0.4) is 0 Å². The van der Waals surface area contributed by atoms with Gasteiger partial charge in [0.15, 0.2) is 9.84 Å². The number of fused-ring (bicyclic) bond motifs is 1. The Bertz CT molecular complexity index is 739. The van der Waals surface area contributed by atoms with E-state index in [0.29, 0.717) is 0 Å². The van der Waals surface area contributed by atoms with Gasteiger partial charge in [0.05, 0.1) is 15.6 Å². The Morgan fingerprint density at radius 3 is 2.50 bits per heavy atom. The SMILES string of the molecule is O=[N+]([O-])c1ccc2c(c1)S(=O)(=O)CC2S(=O)(=O)Cl. The first-order chi connectivity index (χ1) is 8.13. The lowest BCUT2D eigenvalue weighted by molar-refractivity contribution is -0.385. The first-order valence-corrected chi connectivity index (χ1v) is 8.60. The molecule has 1 aliphatic rings. The second-order valence-electron chi connectivity index (χ2n) is 3.72. The Morgan fingerprint density at radius 1 is 1.39 bits per heavy atom. The van der Waals surface area contributed by atoms with Crippen LogP contribution in [0.25, 0.3) is 0 Å². The first kappa shape index (κ1) is 13.2. The third-order valence-corrected chi connectivity index (χ3v) is 6.35. The average Bonchev–Trinajstić information content (AvgIpc) is 2.50. The number of non-ortho nitro benzene ring substituents is 1. The molecule has 1 aromatic carbocycles. The number of rotatable bonds is 2. The molecule has 0 saturated heterocycles. The highest BCUT2D eigenvalue weighted by Gasteiger charge is 2.42. The number of nitro groups is 1. The van der Waals surface area contributed by atoms with Crippen LogP contribution in [0.2, 0.25) is 0 Å². The van der Waals surface area contributed by atoms with Crippen molar-refractivity contribution < 1.29 is 21.8 Å². The van der Waals surface area contributed by atoms with Crippen LogP contribution in [-0.2, 0) is 18.9 Å². The number of nitrogens with zero attached hydrogens (tertiary/aromatic N) is 1. The highest BCUT2D eigenvalue weighted by molar-refractivity contribution is 8.14. The van der Waals surface area contributed by atoms with Gasteiger partial charge in [0, 0.05) is 22.8 Å². The van der Waals surface area contributed by atoms with Crippen LogP contribution in [-0.4, -0.2) is 27.5 Å². The summed E-state index contributed by atoms with van der Waals surface area (Å²) < 4.78 is 46.0. The van der Waals surface area contributed by atoms with Gasteiger partial charge in [-0.15, -0.1) is 0 Å². The smallest absolute Gasteiger partial charge is 0.258 e. The predicted molar refractivity (Wildman–Crippen MR) is 62.7 cm³/mol. The minimum Gasteiger partial charge on any atom is -0.258 e. The fourth-order valence-electron chi connectivity index (χ4n) is 1.78. The maximum absolute atomic E-state index is 11.7. The van der Waals surface area contributed by atoms with Gasteiger partial charge in [-0.25, -0.2) is 16.8 Å². The molecule has 98 valence electrons. The van der Waals surface area contributed by atoms with Crippen molar-refractivity contribution in [2.24, 2.45) is 0 Å². The molecule has 1 heterocycles. The van der Waals surface area contributed by atoms with Crippen molar-refractivity contribution in [1.82, 2.24) is 0 Å². The summed E-state index contributed by atoms with van der Waals surface area (Å²) in [6, 6.07) is 3.02. The van der Waals surface area contributed by atoms with Crippen molar-refractivity contribution in [3.63, 3.8) is 0 Å². The van der Waals surface area contributed by atoms with Crippen molar-refractivity contribution in [2.75, 3.05) is 5.75 Å². The Balaban J connectivity index is 2.72. The van der Waals surface area contributed by atoms with E-state index in [4.69, 9.17) is 10.7 Å². The van der Waals surface area contributed by atoms with E-state index >= 15 is 0 Å². The van der Waals surface area contributed by atoms with Crippen LogP contribution in [0.15, 0.2) is 23.1 Å². The van der Waals surface area contributed by atoms with E-state index in [2.05, 4.69) is 0 Å². The summed E-state index contributed by atoms with van der Waals surface area (Å²) in [4.78, 5) is 9.46. The number of halogens is 1. The summed E-state index contributed by atoms with van der Waals surface area (Å²) in [5, 5.41) is 9.18. The van der Waals surface area contributed by atoms with Crippen LogP contribution in [0, 0.1) is 10.1 Å². The number of benzene rings is 1. The van der Waals surface area contributed by atoms with Gasteiger partial charge in [0.1, 0.15) is 5.25 Å². The number of sulfone groups is 1. The zero-order chi connectivity index (χ0) is 13.7. The Morgan fingerprint density at radius 2 is 2.00 bits per heavy atom. The molecule has 0 spiro atoms. The highest BCUT2D eigenvalue weighted by atomic mass is 35.7. The van der Waals surface area contributed by atoms with Gasteiger partial charge in [-0.2, -0.15) is 0 Å². The molecule has 2 rings (SSSR count). The summed E-state index contributed by atoms with van der Waals surface area (Å²) in [6.45, 7) is 0.